The van der Waals surface area contributed by atoms with E-state index < -0.39 is 6.04 Å². The molecule has 0 aliphatic carbocycles. The lowest BCUT2D eigenvalue weighted by molar-refractivity contribution is -0.139. The lowest BCUT2D eigenvalue weighted by atomic mass is 10.1. The van der Waals surface area contributed by atoms with E-state index in [1.165, 1.54) is 0 Å². The second-order valence-electron chi connectivity index (χ2n) is 7.19. The van der Waals surface area contributed by atoms with E-state index in [9.17, 15) is 9.59 Å². The van der Waals surface area contributed by atoms with Gasteiger partial charge in [-0.25, -0.2) is 0 Å². The largest absolute Gasteiger partial charge is 0.457 e. The lowest BCUT2D eigenvalue weighted by Crippen LogP contribution is -2.52. The van der Waals surface area contributed by atoms with E-state index in [2.05, 4.69) is 0 Å². The van der Waals surface area contributed by atoms with Crippen molar-refractivity contribution >= 4 is 17.5 Å². The molecule has 2 aliphatic heterocycles. The van der Waals surface area contributed by atoms with Crippen LogP contribution in [0.5, 0.6) is 11.5 Å². The van der Waals surface area contributed by atoms with Gasteiger partial charge in [-0.2, -0.15) is 0 Å². The van der Waals surface area contributed by atoms with Crippen LogP contribution in [-0.4, -0.2) is 48.6 Å². The van der Waals surface area contributed by atoms with Gasteiger partial charge in [0.15, 0.2) is 0 Å². The molecule has 0 radical (unpaired) electrons. The number of anilines is 1. The third-order valence-corrected chi connectivity index (χ3v) is 5.14. The Bertz CT molecular complexity index is 837. The van der Waals surface area contributed by atoms with Gasteiger partial charge < -0.3 is 14.4 Å². The molecule has 146 valence electrons. The zero-order chi connectivity index (χ0) is 19.5. The van der Waals surface area contributed by atoms with Gasteiger partial charge in [-0.3, -0.25) is 14.5 Å². The SMILES string of the molecule is CC1CN(C(=O)C2CCC(=O)N2c2ccc(Oc3ccccc3)cc2)CCO1. The molecule has 2 aliphatic rings. The summed E-state index contributed by atoms with van der Waals surface area (Å²) in [5, 5.41) is 0. The molecule has 2 atom stereocenters. The molecule has 6 heteroatoms. The maximum atomic E-state index is 13.0. The van der Waals surface area contributed by atoms with Crippen molar-refractivity contribution in [1.82, 2.24) is 4.90 Å². The molecule has 2 saturated heterocycles. The number of benzene rings is 2. The smallest absolute Gasteiger partial charge is 0.245 e. The second-order valence-corrected chi connectivity index (χ2v) is 7.19. The van der Waals surface area contributed by atoms with Gasteiger partial charge in [0.25, 0.3) is 0 Å². The molecule has 0 aromatic heterocycles. The summed E-state index contributed by atoms with van der Waals surface area (Å²) in [6.07, 6.45) is 0.960. The van der Waals surface area contributed by atoms with E-state index in [1.807, 2.05) is 66.4 Å². The molecule has 2 aromatic rings. The predicted molar refractivity (Wildman–Crippen MR) is 105 cm³/mol. The van der Waals surface area contributed by atoms with E-state index in [-0.39, 0.29) is 17.9 Å². The number of carbonyl (C=O) groups is 2. The van der Waals surface area contributed by atoms with E-state index in [4.69, 9.17) is 9.47 Å². The Hall–Kier alpha value is -2.86. The summed E-state index contributed by atoms with van der Waals surface area (Å²) in [5.74, 6) is 1.43. The summed E-state index contributed by atoms with van der Waals surface area (Å²) in [4.78, 5) is 29.0. The van der Waals surface area contributed by atoms with Gasteiger partial charge in [-0.05, 0) is 49.7 Å². The van der Waals surface area contributed by atoms with Crippen LogP contribution in [0.4, 0.5) is 5.69 Å². The number of rotatable bonds is 4. The summed E-state index contributed by atoms with van der Waals surface area (Å²) in [7, 11) is 0. The Morgan fingerprint density at radius 3 is 2.50 bits per heavy atom. The number of hydrogen-bond donors (Lipinski definition) is 0. The molecule has 0 bridgehead atoms. The topological polar surface area (TPSA) is 59.1 Å². The number of morpholine rings is 1. The maximum Gasteiger partial charge on any atom is 0.245 e. The first kappa shape index (κ1) is 18.5. The minimum absolute atomic E-state index is 0.00520. The molecule has 2 aromatic carbocycles. The Morgan fingerprint density at radius 1 is 1.07 bits per heavy atom. The van der Waals surface area contributed by atoms with Gasteiger partial charge >= 0.3 is 0 Å². The van der Waals surface area contributed by atoms with Gasteiger partial charge in [0.2, 0.25) is 11.8 Å². The summed E-state index contributed by atoms with van der Waals surface area (Å²) in [5.41, 5.74) is 0.725. The third kappa shape index (κ3) is 3.87. The first-order valence-electron chi connectivity index (χ1n) is 9.67. The molecule has 2 heterocycles. The highest BCUT2D eigenvalue weighted by Crippen LogP contribution is 2.31. The number of ether oxygens (including phenoxy) is 2. The Labute approximate surface area is 164 Å². The predicted octanol–water partition coefficient (Wildman–Crippen LogP) is 3.22. The van der Waals surface area contributed by atoms with Crippen LogP contribution in [0.15, 0.2) is 54.6 Å². The Balaban J connectivity index is 1.49. The molecule has 6 nitrogen and oxygen atoms in total. The van der Waals surface area contributed by atoms with Crippen molar-refractivity contribution < 1.29 is 19.1 Å². The fourth-order valence-corrected chi connectivity index (χ4v) is 3.77. The van der Waals surface area contributed by atoms with Crippen molar-refractivity contribution in [2.24, 2.45) is 0 Å². The minimum Gasteiger partial charge on any atom is -0.457 e. The van der Waals surface area contributed by atoms with Crippen LogP contribution in [0.3, 0.4) is 0 Å². The summed E-state index contributed by atoms with van der Waals surface area (Å²) < 4.78 is 11.3. The molecule has 0 spiro atoms. The average molecular weight is 380 g/mol. The number of carbonyl (C=O) groups excluding carboxylic acids is 2. The molecule has 2 fully saturated rings. The maximum absolute atomic E-state index is 13.0. The van der Waals surface area contributed by atoms with Crippen LogP contribution in [0.25, 0.3) is 0 Å². The minimum atomic E-state index is -0.446. The molecular formula is C22H24N2O4. The molecular weight excluding hydrogens is 356 g/mol. The molecule has 0 saturated carbocycles. The van der Waals surface area contributed by atoms with E-state index >= 15 is 0 Å². The first-order valence-corrected chi connectivity index (χ1v) is 9.67. The quantitative estimate of drug-likeness (QED) is 0.817. The van der Waals surface area contributed by atoms with Gasteiger partial charge in [-0.15, -0.1) is 0 Å². The van der Waals surface area contributed by atoms with Crippen LogP contribution in [0, 0.1) is 0 Å². The van der Waals surface area contributed by atoms with Crippen molar-refractivity contribution in [2.45, 2.75) is 31.9 Å². The van der Waals surface area contributed by atoms with E-state index in [0.717, 1.165) is 11.4 Å². The molecule has 4 rings (SSSR count). The highest BCUT2D eigenvalue weighted by Gasteiger charge is 2.40. The average Bonchev–Trinajstić information content (AvgIpc) is 3.10. The molecule has 2 unspecified atom stereocenters. The standard InChI is InChI=1S/C22H24N2O4/c1-16-15-23(13-14-27-16)22(26)20-11-12-21(25)24(20)17-7-9-19(10-8-17)28-18-5-3-2-4-6-18/h2-10,16,20H,11-15H2,1H3. The summed E-state index contributed by atoms with van der Waals surface area (Å²) in [6.45, 7) is 3.65. The van der Waals surface area contributed by atoms with Crippen molar-refractivity contribution in [3.63, 3.8) is 0 Å². The van der Waals surface area contributed by atoms with Crippen molar-refractivity contribution in [3.05, 3.63) is 54.6 Å². The fraction of sp³-hybridized carbons (Fsp3) is 0.364. The van der Waals surface area contributed by atoms with Crippen LogP contribution < -0.4 is 9.64 Å². The number of hydrogen-bond acceptors (Lipinski definition) is 4. The highest BCUT2D eigenvalue weighted by molar-refractivity contribution is 6.03. The Morgan fingerprint density at radius 2 is 1.79 bits per heavy atom. The van der Waals surface area contributed by atoms with Crippen LogP contribution >= 0.6 is 0 Å². The van der Waals surface area contributed by atoms with Gasteiger partial charge in [0.05, 0.1) is 12.7 Å². The van der Waals surface area contributed by atoms with Crippen LogP contribution in [0.2, 0.25) is 0 Å². The van der Waals surface area contributed by atoms with Gasteiger partial charge in [-0.1, -0.05) is 18.2 Å². The second kappa shape index (κ2) is 8.02. The highest BCUT2D eigenvalue weighted by atomic mass is 16.5. The number of para-hydroxylation sites is 1. The third-order valence-electron chi connectivity index (χ3n) is 5.14. The van der Waals surface area contributed by atoms with Crippen molar-refractivity contribution in [2.75, 3.05) is 24.6 Å². The fourth-order valence-electron chi connectivity index (χ4n) is 3.77. The Kier molecular flexibility index (Phi) is 5.30. The zero-order valence-corrected chi connectivity index (χ0v) is 15.9. The van der Waals surface area contributed by atoms with Gasteiger partial charge in [0.1, 0.15) is 17.5 Å². The number of amides is 2. The van der Waals surface area contributed by atoms with Gasteiger partial charge in [0, 0.05) is 25.2 Å². The summed E-state index contributed by atoms with van der Waals surface area (Å²) in [6, 6.07) is 16.4. The van der Waals surface area contributed by atoms with Crippen LogP contribution in [0.1, 0.15) is 19.8 Å². The number of nitrogens with zero attached hydrogens (tertiary/aromatic N) is 2. The monoisotopic (exact) mass is 380 g/mol. The van der Waals surface area contributed by atoms with E-state index in [0.29, 0.717) is 38.3 Å². The van der Waals surface area contributed by atoms with Crippen molar-refractivity contribution in [3.8, 4) is 11.5 Å². The molecule has 0 N–H and O–H groups in total. The molecule has 28 heavy (non-hydrogen) atoms. The first-order chi connectivity index (χ1) is 13.6. The summed E-state index contributed by atoms with van der Waals surface area (Å²) >= 11 is 0. The normalized spacial score (nSPS) is 22.4. The zero-order valence-electron chi connectivity index (χ0n) is 15.9. The van der Waals surface area contributed by atoms with Crippen molar-refractivity contribution in [1.29, 1.82) is 0 Å². The van der Waals surface area contributed by atoms with E-state index in [1.54, 1.807) is 4.90 Å². The van der Waals surface area contributed by atoms with Crippen LogP contribution in [-0.2, 0) is 14.3 Å². The lowest BCUT2D eigenvalue weighted by Gasteiger charge is -2.35. The molecule has 2 amide bonds.